The van der Waals surface area contributed by atoms with Crippen LogP contribution in [0.25, 0.3) is 0 Å². The van der Waals surface area contributed by atoms with Crippen molar-refractivity contribution in [2.24, 2.45) is 17.8 Å². The maximum Gasteiger partial charge on any atom is 0.310 e. The summed E-state index contributed by atoms with van der Waals surface area (Å²) in [5.74, 6) is 0.0111. The van der Waals surface area contributed by atoms with Crippen LogP contribution in [0, 0.1) is 17.8 Å². The number of ether oxygens (including phenoxy) is 1. The lowest BCUT2D eigenvalue weighted by Crippen LogP contribution is -2.45. The average Bonchev–Trinajstić information content (AvgIpc) is 2.37. The molecule has 0 aromatic heterocycles. The Bertz CT molecular complexity index is 307. The quantitative estimate of drug-likeness (QED) is 0.744. The van der Waals surface area contributed by atoms with Gasteiger partial charge in [-0.1, -0.05) is 13.8 Å². The van der Waals surface area contributed by atoms with E-state index in [-0.39, 0.29) is 23.7 Å². The van der Waals surface area contributed by atoms with E-state index in [2.05, 4.69) is 17.0 Å². The maximum absolute atomic E-state index is 12.3. The predicted octanol–water partition coefficient (Wildman–Crippen LogP) is 0.500. The number of nitrogens with one attached hydrogen (secondary N) is 1. The first-order chi connectivity index (χ1) is 8.47. The minimum Gasteiger partial charge on any atom is -0.469 e. The van der Waals surface area contributed by atoms with Gasteiger partial charge in [0, 0.05) is 19.5 Å². The van der Waals surface area contributed by atoms with Gasteiger partial charge >= 0.3 is 5.97 Å². The van der Waals surface area contributed by atoms with Crippen LogP contribution >= 0.6 is 0 Å². The van der Waals surface area contributed by atoms with Gasteiger partial charge in [-0.25, -0.2) is 0 Å². The standard InChI is InChI=1S/C13H24N2O3/c1-9-7-14-6-5-11(9)12(16)15(3)8-10(2)13(17)18-4/h9-11,14H,5-8H2,1-4H3. The minimum absolute atomic E-state index is 0.0705. The molecule has 5 nitrogen and oxygen atoms in total. The molecule has 0 aliphatic carbocycles. The Kier molecular flexibility index (Phi) is 5.59. The fourth-order valence-electron chi connectivity index (χ4n) is 2.44. The molecule has 1 rings (SSSR count). The summed E-state index contributed by atoms with van der Waals surface area (Å²) in [4.78, 5) is 25.3. The van der Waals surface area contributed by atoms with E-state index in [0.717, 1.165) is 19.5 Å². The van der Waals surface area contributed by atoms with Crippen molar-refractivity contribution in [2.75, 3.05) is 33.8 Å². The van der Waals surface area contributed by atoms with Crippen LogP contribution in [0.1, 0.15) is 20.3 Å². The number of hydrogen-bond donors (Lipinski definition) is 1. The molecule has 1 heterocycles. The van der Waals surface area contributed by atoms with E-state index in [1.54, 1.807) is 18.9 Å². The zero-order chi connectivity index (χ0) is 13.7. The summed E-state index contributed by atoms with van der Waals surface area (Å²) in [6.07, 6.45) is 0.872. The number of carbonyl (C=O) groups is 2. The molecule has 0 bridgehead atoms. The van der Waals surface area contributed by atoms with Crippen LogP contribution in [0.15, 0.2) is 0 Å². The lowest BCUT2D eigenvalue weighted by molar-refractivity contribution is -0.147. The van der Waals surface area contributed by atoms with Gasteiger partial charge < -0.3 is 15.0 Å². The molecule has 5 heteroatoms. The number of esters is 1. The summed E-state index contributed by atoms with van der Waals surface area (Å²) in [7, 11) is 3.13. The smallest absolute Gasteiger partial charge is 0.310 e. The highest BCUT2D eigenvalue weighted by molar-refractivity contribution is 5.80. The number of hydrogen-bond acceptors (Lipinski definition) is 4. The van der Waals surface area contributed by atoms with Crippen LogP contribution in [0.5, 0.6) is 0 Å². The fourth-order valence-corrected chi connectivity index (χ4v) is 2.44. The lowest BCUT2D eigenvalue weighted by Gasteiger charge is -2.32. The van der Waals surface area contributed by atoms with Crippen molar-refractivity contribution in [1.29, 1.82) is 0 Å². The molecular formula is C13H24N2O3. The topological polar surface area (TPSA) is 58.6 Å². The number of carbonyl (C=O) groups excluding carboxylic acids is 2. The van der Waals surface area contributed by atoms with Gasteiger partial charge in [0.25, 0.3) is 0 Å². The molecule has 1 aliphatic rings. The Morgan fingerprint density at radius 1 is 1.50 bits per heavy atom. The molecule has 1 aliphatic heterocycles. The van der Waals surface area contributed by atoms with Gasteiger partial charge in [0.05, 0.1) is 13.0 Å². The van der Waals surface area contributed by atoms with Crippen LogP contribution < -0.4 is 5.32 Å². The van der Waals surface area contributed by atoms with E-state index >= 15 is 0 Å². The summed E-state index contributed by atoms with van der Waals surface area (Å²) < 4.78 is 4.67. The summed E-state index contributed by atoms with van der Waals surface area (Å²) in [6.45, 7) is 6.06. The van der Waals surface area contributed by atoms with Crippen molar-refractivity contribution < 1.29 is 14.3 Å². The van der Waals surface area contributed by atoms with Crippen molar-refractivity contribution in [1.82, 2.24) is 10.2 Å². The molecule has 3 atom stereocenters. The summed E-state index contributed by atoms with van der Waals surface area (Å²) in [5, 5.41) is 3.28. The fraction of sp³-hybridized carbons (Fsp3) is 0.846. The van der Waals surface area contributed by atoms with Crippen LogP contribution in [0.4, 0.5) is 0 Å². The first kappa shape index (κ1) is 15.0. The van der Waals surface area contributed by atoms with Gasteiger partial charge in [-0.15, -0.1) is 0 Å². The molecule has 1 saturated heterocycles. The SMILES string of the molecule is COC(=O)C(C)CN(C)C(=O)C1CCNCC1C. The van der Waals surface area contributed by atoms with Crippen molar-refractivity contribution in [3.05, 3.63) is 0 Å². The molecule has 0 saturated carbocycles. The van der Waals surface area contributed by atoms with Crippen LogP contribution in [-0.4, -0.2) is 50.6 Å². The molecule has 0 aromatic rings. The Morgan fingerprint density at radius 2 is 2.17 bits per heavy atom. The summed E-state index contributed by atoms with van der Waals surface area (Å²) in [6, 6.07) is 0. The van der Waals surface area contributed by atoms with Crippen molar-refractivity contribution in [2.45, 2.75) is 20.3 Å². The average molecular weight is 256 g/mol. The second kappa shape index (κ2) is 6.73. The summed E-state index contributed by atoms with van der Waals surface area (Å²) in [5.41, 5.74) is 0. The van der Waals surface area contributed by atoms with Crippen molar-refractivity contribution in [3.63, 3.8) is 0 Å². The number of methoxy groups -OCH3 is 1. The van der Waals surface area contributed by atoms with Gasteiger partial charge in [0.1, 0.15) is 0 Å². The Morgan fingerprint density at radius 3 is 2.72 bits per heavy atom. The van der Waals surface area contributed by atoms with E-state index in [1.165, 1.54) is 7.11 Å². The molecule has 1 N–H and O–H groups in total. The predicted molar refractivity (Wildman–Crippen MR) is 69.0 cm³/mol. The molecular weight excluding hydrogens is 232 g/mol. The van der Waals surface area contributed by atoms with Crippen LogP contribution in [-0.2, 0) is 14.3 Å². The summed E-state index contributed by atoms with van der Waals surface area (Å²) >= 11 is 0. The maximum atomic E-state index is 12.3. The molecule has 104 valence electrons. The van der Waals surface area contributed by atoms with Gasteiger partial charge in [0.15, 0.2) is 0 Å². The molecule has 3 unspecified atom stereocenters. The van der Waals surface area contributed by atoms with Crippen LogP contribution in [0.3, 0.4) is 0 Å². The second-order valence-corrected chi connectivity index (χ2v) is 5.22. The molecule has 18 heavy (non-hydrogen) atoms. The number of amides is 1. The van der Waals surface area contributed by atoms with Gasteiger partial charge in [0.2, 0.25) is 5.91 Å². The third-order valence-electron chi connectivity index (χ3n) is 3.63. The molecule has 1 fully saturated rings. The number of piperidine rings is 1. The monoisotopic (exact) mass is 256 g/mol. The van der Waals surface area contributed by atoms with E-state index < -0.39 is 0 Å². The molecule has 0 spiro atoms. The van der Waals surface area contributed by atoms with Crippen molar-refractivity contribution in [3.8, 4) is 0 Å². The second-order valence-electron chi connectivity index (χ2n) is 5.22. The van der Waals surface area contributed by atoms with Gasteiger partial charge in [-0.05, 0) is 25.4 Å². The van der Waals surface area contributed by atoms with Gasteiger partial charge in [-0.2, -0.15) is 0 Å². The lowest BCUT2D eigenvalue weighted by atomic mass is 9.86. The Balaban J connectivity index is 2.52. The molecule has 1 amide bonds. The number of rotatable bonds is 4. The highest BCUT2D eigenvalue weighted by atomic mass is 16.5. The van der Waals surface area contributed by atoms with E-state index in [9.17, 15) is 9.59 Å². The zero-order valence-electron chi connectivity index (χ0n) is 11.7. The first-order valence-electron chi connectivity index (χ1n) is 6.50. The van der Waals surface area contributed by atoms with Crippen LogP contribution in [0.2, 0.25) is 0 Å². The van der Waals surface area contributed by atoms with E-state index in [4.69, 9.17) is 0 Å². The highest BCUT2D eigenvalue weighted by Gasteiger charge is 2.30. The Labute approximate surface area is 109 Å². The van der Waals surface area contributed by atoms with E-state index in [1.807, 2.05) is 0 Å². The molecule has 0 aromatic carbocycles. The van der Waals surface area contributed by atoms with Gasteiger partial charge in [-0.3, -0.25) is 9.59 Å². The number of nitrogens with zero attached hydrogens (tertiary/aromatic N) is 1. The third-order valence-corrected chi connectivity index (χ3v) is 3.63. The molecule has 0 radical (unpaired) electrons. The largest absolute Gasteiger partial charge is 0.469 e. The third kappa shape index (κ3) is 3.70. The zero-order valence-corrected chi connectivity index (χ0v) is 11.7. The first-order valence-corrected chi connectivity index (χ1v) is 6.50. The minimum atomic E-state index is -0.277. The highest BCUT2D eigenvalue weighted by Crippen LogP contribution is 2.21. The normalized spacial score (nSPS) is 25.3. The Hall–Kier alpha value is -1.10. The van der Waals surface area contributed by atoms with E-state index in [0.29, 0.717) is 12.5 Å². The van der Waals surface area contributed by atoms with Crippen molar-refractivity contribution >= 4 is 11.9 Å².